The summed E-state index contributed by atoms with van der Waals surface area (Å²) in [6.45, 7) is 4.82. The van der Waals surface area contributed by atoms with Gasteiger partial charge in [-0.05, 0) is 56.5 Å². The van der Waals surface area contributed by atoms with Crippen molar-refractivity contribution in [3.05, 3.63) is 45.7 Å². The minimum atomic E-state index is 0.728. The molecule has 2 rings (SSSR count). The number of nitrogens with one attached hydrogen (secondary N) is 1. The van der Waals surface area contributed by atoms with E-state index in [1.807, 2.05) is 31.2 Å². The number of H-pyrrole nitrogens is 1. The summed E-state index contributed by atoms with van der Waals surface area (Å²) in [7, 11) is 0. The molecule has 18 heavy (non-hydrogen) atoms. The first-order valence-corrected chi connectivity index (χ1v) is 6.85. The molecule has 0 radical (unpaired) electrons. The Kier molecular flexibility index (Phi) is 4.42. The normalized spacial score (nSPS) is 10.6. The highest BCUT2D eigenvalue weighted by Crippen LogP contribution is 2.17. The van der Waals surface area contributed by atoms with Crippen LogP contribution >= 0.6 is 15.9 Å². The Morgan fingerprint density at radius 3 is 2.56 bits per heavy atom. The molecule has 0 fully saturated rings. The molecule has 0 saturated carbocycles. The molecule has 0 aliphatic rings. The van der Waals surface area contributed by atoms with E-state index >= 15 is 0 Å². The van der Waals surface area contributed by atoms with Crippen LogP contribution in [-0.4, -0.2) is 16.8 Å². The van der Waals surface area contributed by atoms with Crippen LogP contribution < -0.4 is 4.74 Å². The van der Waals surface area contributed by atoms with Crippen LogP contribution in [0.15, 0.2) is 28.7 Å². The molecule has 96 valence electrons. The van der Waals surface area contributed by atoms with E-state index in [9.17, 15) is 0 Å². The van der Waals surface area contributed by atoms with Crippen molar-refractivity contribution < 1.29 is 4.74 Å². The van der Waals surface area contributed by atoms with E-state index in [0.717, 1.165) is 41.1 Å². The number of halogens is 1. The lowest BCUT2D eigenvalue weighted by molar-refractivity contribution is 0.311. The summed E-state index contributed by atoms with van der Waals surface area (Å²) in [5.41, 5.74) is 3.57. The van der Waals surface area contributed by atoms with Crippen molar-refractivity contribution in [1.29, 1.82) is 0 Å². The highest BCUT2D eigenvalue weighted by Gasteiger charge is 2.05. The Labute approximate surface area is 116 Å². The Morgan fingerprint density at radius 1 is 1.22 bits per heavy atom. The Morgan fingerprint density at radius 2 is 1.94 bits per heavy atom. The van der Waals surface area contributed by atoms with Crippen molar-refractivity contribution in [2.24, 2.45) is 0 Å². The number of aryl methyl sites for hydroxylation is 2. The Hall–Kier alpha value is -1.29. The van der Waals surface area contributed by atoms with Crippen LogP contribution in [0.25, 0.3) is 0 Å². The summed E-state index contributed by atoms with van der Waals surface area (Å²) in [5, 5.41) is 7.20. The average molecular weight is 309 g/mol. The molecule has 1 N–H and O–H groups in total. The number of aromatic amines is 1. The minimum absolute atomic E-state index is 0.728. The highest BCUT2D eigenvalue weighted by molar-refractivity contribution is 9.10. The SMILES string of the molecule is Cc1n[nH]c(C)c1CCCOc1ccc(Br)cc1. The number of rotatable bonds is 5. The molecule has 0 atom stereocenters. The lowest BCUT2D eigenvalue weighted by atomic mass is 10.1. The average Bonchev–Trinajstić information content (AvgIpc) is 2.68. The van der Waals surface area contributed by atoms with Crippen molar-refractivity contribution in [1.82, 2.24) is 10.2 Å². The van der Waals surface area contributed by atoms with Gasteiger partial charge in [-0.2, -0.15) is 5.10 Å². The number of hydrogen-bond donors (Lipinski definition) is 1. The van der Waals surface area contributed by atoms with Crippen molar-refractivity contribution in [3.8, 4) is 5.75 Å². The molecule has 0 saturated heterocycles. The molecule has 0 bridgehead atoms. The fourth-order valence-electron chi connectivity index (χ4n) is 1.91. The summed E-state index contributed by atoms with van der Waals surface area (Å²) in [5.74, 6) is 0.916. The molecular formula is C14H17BrN2O. The fourth-order valence-corrected chi connectivity index (χ4v) is 2.18. The van der Waals surface area contributed by atoms with E-state index in [2.05, 4.69) is 33.1 Å². The number of ether oxygens (including phenoxy) is 1. The van der Waals surface area contributed by atoms with Crippen LogP contribution in [0.3, 0.4) is 0 Å². The van der Waals surface area contributed by atoms with E-state index < -0.39 is 0 Å². The number of hydrogen-bond acceptors (Lipinski definition) is 2. The monoisotopic (exact) mass is 308 g/mol. The molecule has 1 heterocycles. The highest BCUT2D eigenvalue weighted by atomic mass is 79.9. The second-order valence-corrected chi connectivity index (χ2v) is 5.23. The van der Waals surface area contributed by atoms with E-state index in [0.29, 0.717) is 0 Å². The van der Waals surface area contributed by atoms with Crippen LogP contribution in [-0.2, 0) is 6.42 Å². The molecule has 1 aromatic heterocycles. The van der Waals surface area contributed by atoms with E-state index in [4.69, 9.17) is 4.74 Å². The molecule has 0 unspecified atom stereocenters. The van der Waals surface area contributed by atoms with Crippen LogP contribution in [0.4, 0.5) is 0 Å². The molecule has 4 heteroatoms. The molecule has 3 nitrogen and oxygen atoms in total. The topological polar surface area (TPSA) is 37.9 Å². The van der Waals surface area contributed by atoms with Gasteiger partial charge in [-0.1, -0.05) is 15.9 Å². The van der Waals surface area contributed by atoms with Gasteiger partial charge in [0, 0.05) is 10.2 Å². The molecule has 1 aromatic carbocycles. The Bertz CT molecular complexity index is 486. The Balaban J connectivity index is 1.78. The quantitative estimate of drug-likeness (QED) is 0.853. The summed E-state index contributed by atoms with van der Waals surface area (Å²) in [4.78, 5) is 0. The third-order valence-corrected chi connectivity index (χ3v) is 3.46. The van der Waals surface area contributed by atoms with Crippen LogP contribution in [0.5, 0.6) is 5.75 Å². The third kappa shape index (κ3) is 3.35. The molecule has 0 amide bonds. The zero-order chi connectivity index (χ0) is 13.0. The first kappa shape index (κ1) is 13.1. The van der Waals surface area contributed by atoms with E-state index in [1.54, 1.807) is 0 Å². The van der Waals surface area contributed by atoms with Gasteiger partial charge in [-0.3, -0.25) is 5.10 Å². The summed E-state index contributed by atoms with van der Waals surface area (Å²) in [6, 6.07) is 7.91. The minimum Gasteiger partial charge on any atom is -0.494 e. The number of benzene rings is 1. The molecule has 0 aliphatic carbocycles. The second-order valence-electron chi connectivity index (χ2n) is 4.32. The maximum absolute atomic E-state index is 5.69. The number of aromatic nitrogens is 2. The van der Waals surface area contributed by atoms with Crippen LogP contribution in [0, 0.1) is 13.8 Å². The predicted molar refractivity (Wildman–Crippen MR) is 76.0 cm³/mol. The van der Waals surface area contributed by atoms with Gasteiger partial charge in [0.25, 0.3) is 0 Å². The van der Waals surface area contributed by atoms with Crippen LogP contribution in [0.2, 0.25) is 0 Å². The van der Waals surface area contributed by atoms with Crippen molar-refractivity contribution >= 4 is 15.9 Å². The van der Waals surface area contributed by atoms with Gasteiger partial charge in [0.15, 0.2) is 0 Å². The van der Waals surface area contributed by atoms with Gasteiger partial charge in [0.1, 0.15) is 5.75 Å². The first-order valence-electron chi connectivity index (χ1n) is 6.05. The van der Waals surface area contributed by atoms with Crippen LogP contribution in [0.1, 0.15) is 23.4 Å². The lowest BCUT2D eigenvalue weighted by Crippen LogP contribution is -2.00. The van der Waals surface area contributed by atoms with Gasteiger partial charge in [-0.15, -0.1) is 0 Å². The van der Waals surface area contributed by atoms with E-state index in [1.165, 1.54) is 5.56 Å². The largest absolute Gasteiger partial charge is 0.494 e. The maximum Gasteiger partial charge on any atom is 0.119 e. The first-order chi connectivity index (χ1) is 8.66. The van der Waals surface area contributed by atoms with Gasteiger partial charge in [-0.25, -0.2) is 0 Å². The van der Waals surface area contributed by atoms with Gasteiger partial charge >= 0.3 is 0 Å². The summed E-state index contributed by atoms with van der Waals surface area (Å²) < 4.78 is 6.76. The standard InChI is InChI=1S/C14H17BrN2O/c1-10-14(11(2)17-16-10)4-3-9-18-13-7-5-12(15)6-8-13/h5-8H,3-4,9H2,1-2H3,(H,16,17). The summed E-state index contributed by atoms with van der Waals surface area (Å²) >= 11 is 3.40. The van der Waals surface area contributed by atoms with Crippen molar-refractivity contribution in [2.75, 3.05) is 6.61 Å². The second kappa shape index (κ2) is 6.05. The maximum atomic E-state index is 5.69. The lowest BCUT2D eigenvalue weighted by Gasteiger charge is -2.06. The predicted octanol–water partition coefficient (Wildman–Crippen LogP) is 3.80. The zero-order valence-electron chi connectivity index (χ0n) is 10.7. The van der Waals surface area contributed by atoms with Gasteiger partial charge in [0.2, 0.25) is 0 Å². The molecule has 0 aliphatic heterocycles. The zero-order valence-corrected chi connectivity index (χ0v) is 12.3. The van der Waals surface area contributed by atoms with Gasteiger partial charge in [0.05, 0.1) is 12.3 Å². The number of nitrogens with zero attached hydrogens (tertiary/aromatic N) is 1. The molecule has 0 spiro atoms. The fraction of sp³-hybridized carbons (Fsp3) is 0.357. The van der Waals surface area contributed by atoms with Gasteiger partial charge < -0.3 is 4.74 Å². The third-order valence-electron chi connectivity index (χ3n) is 2.93. The smallest absolute Gasteiger partial charge is 0.119 e. The van der Waals surface area contributed by atoms with Crippen molar-refractivity contribution in [2.45, 2.75) is 26.7 Å². The summed E-state index contributed by atoms with van der Waals surface area (Å²) in [6.07, 6.45) is 2.00. The molecular weight excluding hydrogens is 292 g/mol. The van der Waals surface area contributed by atoms with E-state index in [-0.39, 0.29) is 0 Å². The van der Waals surface area contributed by atoms with Crippen molar-refractivity contribution in [3.63, 3.8) is 0 Å². The molecule has 2 aromatic rings.